The molecule has 0 bridgehead atoms. The molecule has 0 aliphatic carbocycles. The number of primary sulfonamides is 1. The first-order valence-electron chi connectivity index (χ1n) is 8.20. The second kappa shape index (κ2) is 9.21. The molecule has 140 valence electrons. The van der Waals surface area contributed by atoms with Gasteiger partial charge in [-0.1, -0.05) is 30.3 Å². The van der Waals surface area contributed by atoms with E-state index in [1.165, 1.54) is 12.1 Å². The van der Waals surface area contributed by atoms with Crippen molar-refractivity contribution in [1.29, 1.82) is 0 Å². The van der Waals surface area contributed by atoms with Crippen LogP contribution in [0.2, 0.25) is 0 Å². The number of hydrogen-bond donors (Lipinski definition) is 3. The minimum absolute atomic E-state index is 0.0807. The van der Waals surface area contributed by atoms with Gasteiger partial charge in [0.2, 0.25) is 10.0 Å². The van der Waals surface area contributed by atoms with E-state index in [4.69, 9.17) is 9.88 Å². The molecule has 26 heavy (non-hydrogen) atoms. The molecule has 2 aromatic carbocycles. The molecule has 0 saturated heterocycles. The number of rotatable bonds is 7. The predicted octanol–water partition coefficient (Wildman–Crippen LogP) is 1.60. The van der Waals surface area contributed by atoms with Crippen LogP contribution in [0, 0.1) is 0 Å². The molecule has 0 atom stereocenters. The molecule has 2 aromatic rings. The Bertz CT molecular complexity index is 866. The number of nitrogens with one attached hydrogen (secondary N) is 2. The highest BCUT2D eigenvalue weighted by atomic mass is 32.2. The first kappa shape index (κ1) is 19.7. The Balaban J connectivity index is 2.09. The Morgan fingerprint density at radius 3 is 2.62 bits per heavy atom. The molecule has 0 heterocycles. The highest BCUT2D eigenvalue weighted by Gasteiger charge is 2.08. The number of ether oxygens (including phenoxy) is 1. The molecule has 0 unspecified atom stereocenters. The van der Waals surface area contributed by atoms with Gasteiger partial charge in [0.05, 0.1) is 18.6 Å². The van der Waals surface area contributed by atoms with Crippen LogP contribution in [0.25, 0.3) is 0 Å². The van der Waals surface area contributed by atoms with Crippen molar-refractivity contribution in [3.05, 3.63) is 59.7 Å². The summed E-state index contributed by atoms with van der Waals surface area (Å²) >= 11 is 0. The zero-order chi connectivity index (χ0) is 19.0. The van der Waals surface area contributed by atoms with Gasteiger partial charge >= 0.3 is 0 Å². The van der Waals surface area contributed by atoms with Crippen molar-refractivity contribution in [3.8, 4) is 5.75 Å². The van der Waals surface area contributed by atoms with Crippen molar-refractivity contribution >= 4 is 16.0 Å². The quantitative estimate of drug-likeness (QED) is 0.503. The minimum atomic E-state index is -3.72. The van der Waals surface area contributed by atoms with Gasteiger partial charge in [-0.25, -0.2) is 18.5 Å². The fourth-order valence-electron chi connectivity index (χ4n) is 2.36. The third-order valence-corrected chi connectivity index (χ3v) is 4.54. The molecule has 8 heteroatoms. The van der Waals surface area contributed by atoms with Gasteiger partial charge < -0.3 is 15.4 Å². The molecule has 0 amide bonds. The predicted molar refractivity (Wildman–Crippen MR) is 102 cm³/mol. The zero-order valence-corrected chi connectivity index (χ0v) is 15.7. The summed E-state index contributed by atoms with van der Waals surface area (Å²) in [7, 11) is -2.09. The molecule has 7 nitrogen and oxygen atoms in total. The number of para-hydroxylation sites is 1. The fourth-order valence-corrected chi connectivity index (χ4v) is 2.94. The monoisotopic (exact) mass is 376 g/mol. The van der Waals surface area contributed by atoms with E-state index in [2.05, 4.69) is 15.6 Å². The van der Waals surface area contributed by atoms with Crippen molar-refractivity contribution < 1.29 is 13.2 Å². The van der Waals surface area contributed by atoms with E-state index in [9.17, 15) is 8.42 Å². The summed E-state index contributed by atoms with van der Waals surface area (Å²) in [5.74, 6) is 1.43. The number of nitrogens with two attached hydrogens (primary N) is 1. The van der Waals surface area contributed by atoms with Crippen LogP contribution in [0.3, 0.4) is 0 Å². The first-order chi connectivity index (χ1) is 12.4. The van der Waals surface area contributed by atoms with Gasteiger partial charge in [0.25, 0.3) is 0 Å². The van der Waals surface area contributed by atoms with Crippen LogP contribution in [0.5, 0.6) is 5.75 Å². The van der Waals surface area contributed by atoms with Gasteiger partial charge in [-0.15, -0.1) is 0 Å². The van der Waals surface area contributed by atoms with Crippen molar-refractivity contribution in [2.45, 2.75) is 24.9 Å². The van der Waals surface area contributed by atoms with Crippen LogP contribution in [-0.4, -0.2) is 28.0 Å². The van der Waals surface area contributed by atoms with Gasteiger partial charge in [0.15, 0.2) is 5.96 Å². The van der Waals surface area contributed by atoms with E-state index in [1.54, 1.807) is 13.2 Å². The molecular weight excluding hydrogens is 352 g/mol. The largest absolute Gasteiger partial charge is 0.496 e. The van der Waals surface area contributed by atoms with Crippen LogP contribution in [0.1, 0.15) is 18.1 Å². The molecule has 0 saturated carbocycles. The van der Waals surface area contributed by atoms with E-state index < -0.39 is 10.0 Å². The third kappa shape index (κ3) is 5.75. The lowest BCUT2D eigenvalue weighted by atomic mass is 10.2. The van der Waals surface area contributed by atoms with Crippen molar-refractivity contribution in [2.75, 3.05) is 13.7 Å². The standard InChI is InChI=1S/C18H24N4O3S/c1-3-20-18(22-13-15-8-4-5-10-17(15)25-2)21-12-14-7-6-9-16(11-14)26(19,23)24/h4-11H,3,12-13H2,1-2H3,(H2,19,23,24)(H2,20,21,22). The van der Waals surface area contributed by atoms with Gasteiger partial charge in [0, 0.05) is 18.7 Å². The Kier molecular flexibility index (Phi) is 6.99. The lowest BCUT2D eigenvalue weighted by molar-refractivity contribution is 0.409. The number of benzene rings is 2. The number of methoxy groups -OCH3 is 1. The molecule has 2 rings (SSSR count). The Labute approximate surface area is 154 Å². The summed E-state index contributed by atoms with van der Waals surface area (Å²) in [4.78, 5) is 4.58. The van der Waals surface area contributed by atoms with E-state index in [1.807, 2.05) is 37.3 Å². The lowest BCUT2D eigenvalue weighted by Crippen LogP contribution is -2.36. The lowest BCUT2D eigenvalue weighted by Gasteiger charge is -2.13. The average Bonchev–Trinajstić information content (AvgIpc) is 2.63. The highest BCUT2D eigenvalue weighted by molar-refractivity contribution is 7.89. The number of hydrogen-bond acceptors (Lipinski definition) is 4. The maximum atomic E-state index is 11.5. The normalized spacial score (nSPS) is 11.9. The molecule has 0 radical (unpaired) electrons. The fraction of sp³-hybridized carbons (Fsp3) is 0.278. The number of guanidine groups is 1. The SMILES string of the molecule is CCNC(=NCc1cccc(S(N)(=O)=O)c1)NCc1ccccc1OC. The molecule has 0 aliphatic heterocycles. The molecule has 4 N–H and O–H groups in total. The van der Waals surface area contributed by atoms with Crippen LogP contribution in [0.4, 0.5) is 0 Å². The Morgan fingerprint density at radius 1 is 1.15 bits per heavy atom. The maximum Gasteiger partial charge on any atom is 0.238 e. The van der Waals surface area contributed by atoms with Gasteiger partial charge in [-0.3, -0.25) is 0 Å². The van der Waals surface area contributed by atoms with Gasteiger partial charge in [-0.05, 0) is 30.7 Å². The molecular formula is C18H24N4O3S. The summed E-state index contributed by atoms with van der Waals surface area (Å²) in [5, 5.41) is 11.6. The van der Waals surface area contributed by atoms with Crippen LogP contribution >= 0.6 is 0 Å². The molecule has 0 fully saturated rings. The second-order valence-electron chi connectivity index (χ2n) is 5.55. The topological polar surface area (TPSA) is 106 Å². The van der Waals surface area contributed by atoms with Gasteiger partial charge in [0.1, 0.15) is 5.75 Å². The summed E-state index contributed by atoms with van der Waals surface area (Å²) in [5.41, 5.74) is 1.77. The number of aliphatic imine (C=N–C) groups is 1. The summed E-state index contributed by atoms with van der Waals surface area (Å²) in [6, 6.07) is 14.2. The van der Waals surface area contributed by atoms with Crippen LogP contribution in [0.15, 0.2) is 58.4 Å². The summed E-state index contributed by atoms with van der Waals surface area (Å²) in [6.45, 7) is 3.55. The zero-order valence-electron chi connectivity index (χ0n) is 14.9. The third-order valence-electron chi connectivity index (χ3n) is 3.63. The second-order valence-corrected chi connectivity index (χ2v) is 7.11. The van der Waals surface area contributed by atoms with E-state index >= 15 is 0 Å². The maximum absolute atomic E-state index is 11.5. The minimum Gasteiger partial charge on any atom is -0.496 e. The van der Waals surface area contributed by atoms with Crippen molar-refractivity contribution in [3.63, 3.8) is 0 Å². The Hall–Kier alpha value is -2.58. The molecule has 0 spiro atoms. The smallest absolute Gasteiger partial charge is 0.238 e. The van der Waals surface area contributed by atoms with Crippen molar-refractivity contribution in [1.82, 2.24) is 10.6 Å². The van der Waals surface area contributed by atoms with Gasteiger partial charge in [-0.2, -0.15) is 0 Å². The Morgan fingerprint density at radius 2 is 1.92 bits per heavy atom. The van der Waals surface area contributed by atoms with Crippen LogP contribution in [-0.2, 0) is 23.1 Å². The number of sulfonamides is 1. The summed E-state index contributed by atoms with van der Waals surface area (Å²) in [6.07, 6.45) is 0. The van der Waals surface area contributed by atoms with Crippen LogP contribution < -0.4 is 20.5 Å². The van der Waals surface area contributed by atoms with Crippen molar-refractivity contribution in [2.24, 2.45) is 10.1 Å². The van der Waals surface area contributed by atoms with E-state index in [-0.39, 0.29) is 4.90 Å². The highest BCUT2D eigenvalue weighted by Crippen LogP contribution is 2.16. The molecule has 0 aliphatic rings. The van der Waals surface area contributed by atoms with E-state index in [0.29, 0.717) is 25.6 Å². The molecule has 0 aromatic heterocycles. The first-order valence-corrected chi connectivity index (χ1v) is 9.74. The average molecular weight is 376 g/mol. The summed E-state index contributed by atoms with van der Waals surface area (Å²) < 4.78 is 28.2. The van der Waals surface area contributed by atoms with E-state index in [0.717, 1.165) is 16.9 Å². The number of nitrogens with zero attached hydrogens (tertiary/aromatic N) is 1.